The molecule has 0 aromatic heterocycles. The summed E-state index contributed by atoms with van der Waals surface area (Å²) in [7, 11) is 0. The average molecular weight is 491 g/mol. The maximum absolute atomic E-state index is 13.5. The number of morpholine rings is 1. The van der Waals surface area contributed by atoms with E-state index in [1.165, 1.54) is 24.3 Å². The van der Waals surface area contributed by atoms with Crippen molar-refractivity contribution < 1.29 is 28.3 Å². The normalized spacial score (nSPS) is 18.3. The molecule has 35 heavy (non-hydrogen) atoms. The second-order valence-corrected chi connectivity index (χ2v) is 9.17. The smallest absolute Gasteiger partial charge is 0.318 e. The van der Waals surface area contributed by atoms with Gasteiger partial charge in [0, 0.05) is 18.8 Å². The van der Waals surface area contributed by atoms with Gasteiger partial charge in [0.25, 0.3) is 5.91 Å². The lowest BCUT2D eigenvalue weighted by atomic mass is 9.80. The van der Waals surface area contributed by atoms with Crippen molar-refractivity contribution in [3.05, 3.63) is 30.1 Å². The summed E-state index contributed by atoms with van der Waals surface area (Å²) in [5, 5.41) is 8.20. The number of carbonyl (C=O) groups excluding carboxylic acids is 4. The third kappa shape index (κ3) is 7.24. The molecule has 0 radical (unpaired) electrons. The number of urea groups is 1. The molecule has 1 heterocycles. The Hall–Kier alpha value is -3.01. The summed E-state index contributed by atoms with van der Waals surface area (Å²) >= 11 is 0. The Bertz CT molecular complexity index is 896. The molecule has 3 rings (SSSR count). The summed E-state index contributed by atoms with van der Waals surface area (Å²) in [4.78, 5) is 53.7. The molecule has 0 bridgehead atoms. The predicted molar refractivity (Wildman–Crippen MR) is 128 cm³/mol. The van der Waals surface area contributed by atoms with E-state index in [2.05, 4.69) is 16.0 Å². The number of ether oxygens (including phenoxy) is 1. The van der Waals surface area contributed by atoms with E-state index in [1.807, 2.05) is 6.92 Å². The number of hydrogen-bond donors (Lipinski definition) is 3. The fourth-order valence-electron chi connectivity index (χ4n) is 4.47. The second-order valence-electron chi connectivity index (χ2n) is 9.17. The number of hydrogen-bond acceptors (Lipinski definition) is 5. The number of amides is 4. The molecule has 192 valence electrons. The molecule has 1 atom stereocenters. The van der Waals surface area contributed by atoms with Gasteiger partial charge >= 0.3 is 6.03 Å². The number of unbranched alkanes of at least 4 members (excludes halogenated alkanes) is 1. The van der Waals surface area contributed by atoms with Gasteiger partial charge in [-0.15, -0.1) is 0 Å². The zero-order chi connectivity index (χ0) is 25.3. The van der Waals surface area contributed by atoms with Gasteiger partial charge in [0.15, 0.2) is 0 Å². The van der Waals surface area contributed by atoms with Crippen molar-refractivity contribution in [2.24, 2.45) is 0 Å². The molecular weight excluding hydrogens is 455 g/mol. The van der Waals surface area contributed by atoms with E-state index in [-0.39, 0.29) is 11.7 Å². The molecule has 1 saturated carbocycles. The molecule has 10 heteroatoms. The highest BCUT2D eigenvalue weighted by Crippen LogP contribution is 2.29. The van der Waals surface area contributed by atoms with Crippen LogP contribution in [0.25, 0.3) is 0 Å². The SMILES string of the molecule is CCCCC(NC(=O)C1(NC(=O)N2CCOCC2)CCCCC1)C(=O)C(=O)Nc1ccc(F)cc1. The van der Waals surface area contributed by atoms with Crippen molar-refractivity contribution in [3.8, 4) is 0 Å². The number of Topliss-reactive ketones (excluding diaryl/α,β-unsaturated/α-hetero) is 1. The number of nitrogens with zero attached hydrogens (tertiary/aromatic N) is 1. The van der Waals surface area contributed by atoms with E-state index in [1.54, 1.807) is 4.90 Å². The summed E-state index contributed by atoms with van der Waals surface area (Å²) in [5.41, 5.74) is -0.849. The summed E-state index contributed by atoms with van der Waals surface area (Å²) in [6.07, 6.45) is 5.14. The highest BCUT2D eigenvalue weighted by molar-refractivity contribution is 6.42. The number of nitrogens with one attached hydrogen (secondary N) is 3. The topological polar surface area (TPSA) is 117 Å². The van der Waals surface area contributed by atoms with E-state index in [0.29, 0.717) is 52.0 Å². The predicted octanol–water partition coefficient (Wildman–Crippen LogP) is 2.75. The van der Waals surface area contributed by atoms with E-state index >= 15 is 0 Å². The van der Waals surface area contributed by atoms with Gasteiger partial charge in [0.1, 0.15) is 11.4 Å². The molecule has 1 aliphatic carbocycles. The Kier molecular flexibility index (Phi) is 9.59. The zero-order valence-corrected chi connectivity index (χ0v) is 20.2. The minimum Gasteiger partial charge on any atom is -0.378 e. The van der Waals surface area contributed by atoms with E-state index in [0.717, 1.165) is 25.7 Å². The maximum Gasteiger partial charge on any atom is 0.318 e. The largest absolute Gasteiger partial charge is 0.378 e. The fraction of sp³-hybridized carbons (Fsp3) is 0.600. The van der Waals surface area contributed by atoms with Crippen molar-refractivity contribution in [2.75, 3.05) is 31.6 Å². The van der Waals surface area contributed by atoms with Crippen LogP contribution >= 0.6 is 0 Å². The molecule has 1 aromatic rings. The lowest BCUT2D eigenvalue weighted by Gasteiger charge is -2.39. The van der Waals surface area contributed by atoms with Crippen LogP contribution in [0, 0.1) is 5.82 Å². The van der Waals surface area contributed by atoms with Crippen molar-refractivity contribution >= 4 is 29.3 Å². The number of halogens is 1. The fourth-order valence-corrected chi connectivity index (χ4v) is 4.47. The Morgan fingerprint density at radius 1 is 1.06 bits per heavy atom. The van der Waals surface area contributed by atoms with Gasteiger partial charge in [-0.1, -0.05) is 39.0 Å². The number of carbonyl (C=O) groups is 4. The van der Waals surface area contributed by atoms with Gasteiger partial charge in [-0.05, 0) is 43.5 Å². The van der Waals surface area contributed by atoms with Crippen LogP contribution in [0.5, 0.6) is 0 Å². The second kappa shape index (κ2) is 12.6. The minimum atomic E-state index is -1.13. The zero-order valence-electron chi connectivity index (χ0n) is 20.2. The van der Waals surface area contributed by atoms with Gasteiger partial charge in [0.2, 0.25) is 11.7 Å². The molecule has 2 aliphatic rings. The Balaban J connectivity index is 1.71. The van der Waals surface area contributed by atoms with Crippen LogP contribution in [-0.2, 0) is 19.1 Å². The molecule has 0 spiro atoms. The quantitative estimate of drug-likeness (QED) is 0.460. The highest BCUT2D eigenvalue weighted by atomic mass is 19.1. The van der Waals surface area contributed by atoms with Crippen LogP contribution in [0.15, 0.2) is 24.3 Å². The van der Waals surface area contributed by atoms with Gasteiger partial charge in [-0.25, -0.2) is 9.18 Å². The molecule has 2 fully saturated rings. The number of ketones is 1. The van der Waals surface area contributed by atoms with Crippen molar-refractivity contribution in [1.82, 2.24) is 15.5 Å². The molecule has 1 unspecified atom stereocenters. The van der Waals surface area contributed by atoms with E-state index < -0.39 is 35.0 Å². The van der Waals surface area contributed by atoms with Gasteiger partial charge < -0.3 is 25.6 Å². The standard InChI is InChI=1S/C25H35FN4O5/c1-2-3-7-20(21(31)22(32)27-19-10-8-18(26)9-11-19)28-23(33)25(12-5-4-6-13-25)29-24(34)30-14-16-35-17-15-30/h8-11,20H,2-7,12-17H2,1H3,(H,27,32)(H,28,33)(H,29,34). The highest BCUT2D eigenvalue weighted by Gasteiger charge is 2.43. The first kappa shape index (κ1) is 26.6. The van der Waals surface area contributed by atoms with Crippen LogP contribution < -0.4 is 16.0 Å². The maximum atomic E-state index is 13.5. The summed E-state index contributed by atoms with van der Waals surface area (Å²) in [5.74, 6) is -2.56. The van der Waals surface area contributed by atoms with Gasteiger partial charge in [-0.2, -0.15) is 0 Å². The van der Waals surface area contributed by atoms with Crippen LogP contribution in [-0.4, -0.2) is 66.4 Å². The lowest BCUT2D eigenvalue weighted by molar-refractivity contribution is -0.138. The molecular formula is C25H35FN4O5. The molecule has 1 aliphatic heterocycles. The van der Waals surface area contributed by atoms with E-state index in [4.69, 9.17) is 4.74 Å². The van der Waals surface area contributed by atoms with Crippen molar-refractivity contribution in [2.45, 2.75) is 69.9 Å². The first-order chi connectivity index (χ1) is 16.8. The number of benzene rings is 1. The van der Waals surface area contributed by atoms with Crippen LogP contribution in [0.2, 0.25) is 0 Å². The molecule has 9 nitrogen and oxygen atoms in total. The number of anilines is 1. The van der Waals surface area contributed by atoms with E-state index in [9.17, 15) is 23.6 Å². The van der Waals surface area contributed by atoms with Crippen LogP contribution in [0.1, 0.15) is 58.3 Å². The summed E-state index contributed by atoms with van der Waals surface area (Å²) < 4.78 is 18.5. The first-order valence-electron chi connectivity index (χ1n) is 12.4. The Labute approximate surface area is 205 Å². The van der Waals surface area contributed by atoms with Crippen molar-refractivity contribution in [3.63, 3.8) is 0 Å². The lowest BCUT2D eigenvalue weighted by Crippen LogP contribution is -2.64. The average Bonchev–Trinajstić information content (AvgIpc) is 2.88. The third-order valence-corrected chi connectivity index (χ3v) is 6.58. The van der Waals surface area contributed by atoms with Gasteiger partial charge in [0.05, 0.1) is 19.3 Å². The summed E-state index contributed by atoms with van der Waals surface area (Å²) in [6, 6.07) is 3.73. The molecule has 3 N–H and O–H groups in total. The third-order valence-electron chi connectivity index (χ3n) is 6.58. The van der Waals surface area contributed by atoms with Gasteiger partial charge in [-0.3, -0.25) is 14.4 Å². The molecule has 1 saturated heterocycles. The summed E-state index contributed by atoms with van der Waals surface area (Å²) in [6.45, 7) is 3.75. The first-order valence-corrected chi connectivity index (χ1v) is 12.4. The Morgan fingerprint density at radius 2 is 1.71 bits per heavy atom. The van der Waals surface area contributed by atoms with Crippen LogP contribution in [0.4, 0.5) is 14.9 Å². The van der Waals surface area contributed by atoms with Crippen molar-refractivity contribution in [1.29, 1.82) is 0 Å². The minimum absolute atomic E-state index is 0.284. The molecule has 4 amide bonds. The number of rotatable bonds is 9. The molecule has 1 aromatic carbocycles. The Morgan fingerprint density at radius 3 is 2.34 bits per heavy atom. The monoisotopic (exact) mass is 490 g/mol. The van der Waals surface area contributed by atoms with Crippen LogP contribution in [0.3, 0.4) is 0 Å².